The van der Waals surface area contributed by atoms with Crippen molar-refractivity contribution in [1.29, 1.82) is 0 Å². The van der Waals surface area contributed by atoms with Gasteiger partial charge in [-0.1, -0.05) is 42.2 Å². The van der Waals surface area contributed by atoms with Crippen LogP contribution >= 0.6 is 24.0 Å². The molecule has 0 saturated carbocycles. The first kappa shape index (κ1) is 20.1. The summed E-state index contributed by atoms with van der Waals surface area (Å²) in [7, 11) is 0. The van der Waals surface area contributed by atoms with Gasteiger partial charge in [0, 0.05) is 36.6 Å². The number of hydrogen-bond donors (Lipinski definition) is 1. The first-order valence-electron chi connectivity index (χ1n) is 9.02. The molecule has 2 amide bonds. The van der Waals surface area contributed by atoms with E-state index in [4.69, 9.17) is 12.2 Å². The highest BCUT2D eigenvalue weighted by molar-refractivity contribution is 8.26. The van der Waals surface area contributed by atoms with E-state index in [0.717, 1.165) is 17.3 Å². The predicted octanol–water partition coefficient (Wildman–Crippen LogP) is 4.00. The molecule has 0 aliphatic carbocycles. The number of thioether (sulfide) groups is 1. The second kappa shape index (κ2) is 8.68. The zero-order chi connectivity index (χ0) is 21.1. The summed E-state index contributed by atoms with van der Waals surface area (Å²) >= 11 is 6.36. The van der Waals surface area contributed by atoms with Gasteiger partial charge in [0.1, 0.15) is 10.1 Å². The van der Waals surface area contributed by atoms with E-state index in [2.05, 4.69) is 15.3 Å². The molecule has 2 heterocycles. The third kappa shape index (κ3) is 4.37. The molecule has 3 aromatic rings. The Hall–Kier alpha value is -3.17. The van der Waals surface area contributed by atoms with Crippen molar-refractivity contribution < 1.29 is 14.0 Å². The standard InChI is InChI=1S/C21H15FN4O2S2/c22-15-4-2-1-3-13(15)11-18-20(28)26(21(29)30-18)10-7-19(27)25-14-5-6-16-17(12-14)24-9-8-23-16/h1-6,8-9,11-12H,7,10H2,(H,25,27). The molecule has 1 aliphatic rings. The van der Waals surface area contributed by atoms with Crippen LogP contribution in [0.15, 0.2) is 59.8 Å². The van der Waals surface area contributed by atoms with Gasteiger partial charge in [-0.15, -0.1) is 0 Å². The molecule has 1 saturated heterocycles. The molecule has 0 unspecified atom stereocenters. The Balaban J connectivity index is 1.39. The SMILES string of the molecule is O=C(CCN1C(=O)C(=Cc2ccccc2F)SC1=S)Nc1ccc2nccnc2c1. The van der Waals surface area contributed by atoms with Crippen LogP contribution in [0.1, 0.15) is 12.0 Å². The Morgan fingerprint density at radius 3 is 2.73 bits per heavy atom. The molecule has 1 aromatic heterocycles. The average Bonchev–Trinajstić information content (AvgIpc) is 3.00. The molecule has 1 aliphatic heterocycles. The largest absolute Gasteiger partial charge is 0.326 e. The van der Waals surface area contributed by atoms with Gasteiger partial charge < -0.3 is 5.32 Å². The van der Waals surface area contributed by atoms with Crippen molar-refractivity contribution in [3.63, 3.8) is 0 Å². The van der Waals surface area contributed by atoms with E-state index >= 15 is 0 Å². The van der Waals surface area contributed by atoms with Crippen LogP contribution in [0.2, 0.25) is 0 Å². The van der Waals surface area contributed by atoms with Gasteiger partial charge in [-0.05, 0) is 30.3 Å². The zero-order valence-corrected chi connectivity index (χ0v) is 17.2. The number of nitrogens with zero attached hydrogens (tertiary/aromatic N) is 3. The van der Waals surface area contributed by atoms with E-state index in [1.807, 2.05) is 0 Å². The van der Waals surface area contributed by atoms with Crippen molar-refractivity contribution in [1.82, 2.24) is 14.9 Å². The van der Waals surface area contributed by atoms with Crippen LogP contribution in [0.5, 0.6) is 0 Å². The zero-order valence-electron chi connectivity index (χ0n) is 15.5. The Bertz CT molecular complexity index is 1200. The number of carbonyl (C=O) groups is 2. The number of anilines is 1. The van der Waals surface area contributed by atoms with Gasteiger partial charge in [0.25, 0.3) is 5.91 Å². The second-order valence-electron chi connectivity index (χ2n) is 6.41. The molecule has 0 atom stereocenters. The summed E-state index contributed by atoms with van der Waals surface area (Å²) in [6, 6.07) is 11.4. The van der Waals surface area contributed by atoms with Crippen molar-refractivity contribution in [2.24, 2.45) is 0 Å². The van der Waals surface area contributed by atoms with Crippen molar-refractivity contribution in [3.05, 3.63) is 71.1 Å². The maximum atomic E-state index is 13.8. The first-order valence-corrected chi connectivity index (χ1v) is 10.2. The number of carbonyl (C=O) groups excluding carboxylic acids is 2. The average molecular weight is 439 g/mol. The molecule has 9 heteroatoms. The Labute approximate surface area is 181 Å². The van der Waals surface area contributed by atoms with Crippen LogP contribution in [0, 0.1) is 5.82 Å². The number of benzene rings is 2. The molecule has 1 fully saturated rings. The minimum Gasteiger partial charge on any atom is -0.326 e. The molecule has 2 aromatic carbocycles. The number of aromatic nitrogens is 2. The number of hydrogen-bond acceptors (Lipinski definition) is 6. The number of nitrogens with one attached hydrogen (secondary N) is 1. The summed E-state index contributed by atoms with van der Waals surface area (Å²) in [6.07, 6.45) is 4.73. The second-order valence-corrected chi connectivity index (χ2v) is 8.09. The normalized spacial score (nSPS) is 15.2. The van der Waals surface area contributed by atoms with Gasteiger partial charge in [-0.3, -0.25) is 24.5 Å². The fourth-order valence-corrected chi connectivity index (χ4v) is 4.20. The molecule has 6 nitrogen and oxygen atoms in total. The minimum absolute atomic E-state index is 0.0674. The minimum atomic E-state index is -0.415. The fourth-order valence-electron chi connectivity index (χ4n) is 2.90. The molecular formula is C21H15FN4O2S2. The highest BCUT2D eigenvalue weighted by Crippen LogP contribution is 2.33. The van der Waals surface area contributed by atoms with Gasteiger partial charge >= 0.3 is 0 Å². The van der Waals surface area contributed by atoms with E-state index in [9.17, 15) is 14.0 Å². The highest BCUT2D eigenvalue weighted by atomic mass is 32.2. The van der Waals surface area contributed by atoms with Crippen molar-refractivity contribution >= 4 is 62.9 Å². The van der Waals surface area contributed by atoms with Gasteiger partial charge in [0.2, 0.25) is 5.91 Å². The fraction of sp³-hybridized carbons (Fsp3) is 0.0952. The maximum Gasteiger partial charge on any atom is 0.266 e. The monoisotopic (exact) mass is 438 g/mol. The summed E-state index contributed by atoms with van der Waals surface area (Å²) < 4.78 is 14.2. The lowest BCUT2D eigenvalue weighted by atomic mass is 10.2. The van der Waals surface area contributed by atoms with Gasteiger partial charge in [0.05, 0.1) is 15.9 Å². The lowest BCUT2D eigenvalue weighted by molar-refractivity contribution is -0.122. The molecule has 4 rings (SSSR count). The Kier molecular flexibility index (Phi) is 5.82. The number of halogens is 1. The predicted molar refractivity (Wildman–Crippen MR) is 119 cm³/mol. The molecule has 30 heavy (non-hydrogen) atoms. The topological polar surface area (TPSA) is 75.2 Å². The molecule has 0 radical (unpaired) electrons. The number of amides is 2. The van der Waals surface area contributed by atoms with Gasteiger partial charge in [-0.25, -0.2) is 4.39 Å². The number of rotatable bonds is 5. The highest BCUT2D eigenvalue weighted by Gasteiger charge is 2.32. The van der Waals surface area contributed by atoms with Crippen molar-refractivity contribution in [2.45, 2.75) is 6.42 Å². The third-order valence-corrected chi connectivity index (χ3v) is 5.76. The lowest BCUT2D eigenvalue weighted by Gasteiger charge is -2.14. The van der Waals surface area contributed by atoms with Crippen LogP contribution in [-0.4, -0.2) is 37.5 Å². The van der Waals surface area contributed by atoms with Crippen LogP contribution in [0.25, 0.3) is 17.1 Å². The molecular weight excluding hydrogens is 423 g/mol. The Morgan fingerprint density at radius 1 is 1.17 bits per heavy atom. The lowest BCUT2D eigenvalue weighted by Crippen LogP contribution is -2.31. The summed E-state index contributed by atoms with van der Waals surface area (Å²) in [5.74, 6) is -1.00. The number of thiocarbonyl (C=S) groups is 1. The van der Waals surface area contributed by atoms with E-state index in [1.54, 1.807) is 48.8 Å². The molecule has 0 bridgehead atoms. The van der Waals surface area contributed by atoms with Crippen LogP contribution < -0.4 is 5.32 Å². The summed E-state index contributed by atoms with van der Waals surface area (Å²) in [4.78, 5) is 35.0. The summed E-state index contributed by atoms with van der Waals surface area (Å²) in [6.45, 7) is 0.137. The van der Waals surface area contributed by atoms with Gasteiger partial charge in [-0.2, -0.15) is 0 Å². The quantitative estimate of drug-likeness (QED) is 0.479. The molecule has 150 valence electrons. The molecule has 0 spiro atoms. The molecule has 1 N–H and O–H groups in total. The van der Waals surface area contributed by atoms with E-state index in [0.29, 0.717) is 26.0 Å². The van der Waals surface area contributed by atoms with Crippen molar-refractivity contribution in [2.75, 3.05) is 11.9 Å². The third-order valence-electron chi connectivity index (χ3n) is 4.38. The Morgan fingerprint density at radius 2 is 1.93 bits per heavy atom. The van der Waals surface area contributed by atoms with E-state index in [1.165, 1.54) is 17.0 Å². The van der Waals surface area contributed by atoms with Crippen molar-refractivity contribution in [3.8, 4) is 0 Å². The number of fused-ring (bicyclic) bond motifs is 1. The van der Waals surface area contributed by atoms with E-state index in [-0.39, 0.29) is 24.8 Å². The van der Waals surface area contributed by atoms with Crippen LogP contribution in [0.4, 0.5) is 10.1 Å². The maximum absolute atomic E-state index is 13.8. The summed E-state index contributed by atoms with van der Waals surface area (Å²) in [5.41, 5.74) is 2.31. The van der Waals surface area contributed by atoms with E-state index < -0.39 is 5.82 Å². The van der Waals surface area contributed by atoms with Crippen LogP contribution in [-0.2, 0) is 9.59 Å². The first-order chi connectivity index (χ1) is 14.5. The smallest absolute Gasteiger partial charge is 0.266 e. The van der Waals surface area contributed by atoms with Crippen LogP contribution in [0.3, 0.4) is 0 Å². The van der Waals surface area contributed by atoms with Gasteiger partial charge in [0.15, 0.2) is 0 Å². The summed E-state index contributed by atoms with van der Waals surface area (Å²) in [5, 5.41) is 2.79.